The van der Waals surface area contributed by atoms with Crippen molar-refractivity contribution in [1.29, 1.82) is 0 Å². The van der Waals surface area contributed by atoms with E-state index in [1.165, 1.54) is 29.2 Å². The van der Waals surface area contributed by atoms with Crippen molar-refractivity contribution in [3.63, 3.8) is 0 Å². The van der Waals surface area contributed by atoms with E-state index >= 15 is 0 Å². The van der Waals surface area contributed by atoms with Crippen molar-refractivity contribution >= 4 is 33.4 Å². The molecule has 0 spiro atoms. The molecule has 0 saturated carbocycles. The Labute approximate surface area is 104 Å². The van der Waals surface area contributed by atoms with Gasteiger partial charge in [-0.2, -0.15) is 11.8 Å². The standard InChI is InChI=1S/C12H16BrNS/c1-9-2-3-11(13)6-12(9)14-7-10-4-5-15-8-10/h2-3,6,10,14H,4-5,7-8H2,1H3. The summed E-state index contributed by atoms with van der Waals surface area (Å²) in [5.74, 6) is 3.51. The lowest BCUT2D eigenvalue weighted by Gasteiger charge is -2.13. The highest BCUT2D eigenvalue weighted by Crippen LogP contribution is 2.25. The fourth-order valence-corrected chi connectivity index (χ4v) is 3.43. The molecule has 1 aliphatic heterocycles. The minimum Gasteiger partial charge on any atom is -0.384 e. The lowest BCUT2D eigenvalue weighted by atomic mass is 10.1. The molecule has 15 heavy (non-hydrogen) atoms. The van der Waals surface area contributed by atoms with E-state index in [4.69, 9.17) is 0 Å². The molecule has 82 valence electrons. The van der Waals surface area contributed by atoms with E-state index in [9.17, 15) is 0 Å². The molecule has 1 aromatic carbocycles. The first-order valence-corrected chi connectivity index (χ1v) is 7.28. The lowest BCUT2D eigenvalue weighted by molar-refractivity contribution is 0.631. The van der Waals surface area contributed by atoms with Gasteiger partial charge in [-0.1, -0.05) is 22.0 Å². The number of nitrogens with one attached hydrogen (secondary N) is 1. The van der Waals surface area contributed by atoms with Crippen LogP contribution in [0.15, 0.2) is 22.7 Å². The van der Waals surface area contributed by atoms with E-state index in [2.05, 4.69) is 58.1 Å². The first-order valence-electron chi connectivity index (χ1n) is 5.33. The summed E-state index contributed by atoms with van der Waals surface area (Å²) in [7, 11) is 0. The van der Waals surface area contributed by atoms with Gasteiger partial charge in [-0.05, 0) is 48.5 Å². The van der Waals surface area contributed by atoms with Crippen molar-refractivity contribution in [2.75, 3.05) is 23.4 Å². The van der Waals surface area contributed by atoms with Gasteiger partial charge in [-0.25, -0.2) is 0 Å². The topological polar surface area (TPSA) is 12.0 Å². The van der Waals surface area contributed by atoms with E-state index < -0.39 is 0 Å². The number of benzene rings is 1. The summed E-state index contributed by atoms with van der Waals surface area (Å²) in [5.41, 5.74) is 2.59. The molecule has 1 N–H and O–H groups in total. The van der Waals surface area contributed by atoms with Crippen LogP contribution in [-0.4, -0.2) is 18.1 Å². The van der Waals surface area contributed by atoms with Crippen molar-refractivity contribution in [2.24, 2.45) is 5.92 Å². The second-order valence-electron chi connectivity index (χ2n) is 4.07. The normalized spacial score (nSPS) is 20.5. The van der Waals surface area contributed by atoms with Crippen LogP contribution >= 0.6 is 27.7 Å². The zero-order valence-electron chi connectivity index (χ0n) is 8.92. The minimum atomic E-state index is 0.855. The molecule has 0 bridgehead atoms. The van der Waals surface area contributed by atoms with Crippen molar-refractivity contribution < 1.29 is 0 Å². The fraction of sp³-hybridized carbons (Fsp3) is 0.500. The quantitative estimate of drug-likeness (QED) is 0.903. The van der Waals surface area contributed by atoms with Crippen LogP contribution in [0.3, 0.4) is 0 Å². The van der Waals surface area contributed by atoms with Crippen LogP contribution < -0.4 is 5.32 Å². The van der Waals surface area contributed by atoms with Gasteiger partial charge >= 0.3 is 0 Å². The Hall–Kier alpha value is -0.150. The first kappa shape index (κ1) is 11.3. The highest BCUT2D eigenvalue weighted by atomic mass is 79.9. The van der Waals surface area contributed by atoms with Crippen molar-refractivity contribution in [3.8, 4) is 0 Å². The molecular formula is C12H16BrNS. The Balaban J connectivity index is 1.94. The molecule has 1 atom stereocenters. The van der Waals surface area contributed by atoms with Gasteiger partial charge in [0.15, 0.2) is 0 Å². The molecular weight excluding hydrogens is 270 g/mol. The van der Waals surface area contributed by atoms with Crippen LogP contribution in [0.5, 0.6) is 0 Å². The highest BCUT2D eigenvalue weighted by molar-refractivity contribution is 9.10. The molecule has 2 rings (SSSR count). The first-order chi connectivity index (χ1) is 7.25. The van der Waals surface area contributed by atoms with Crippen LogP contribution in [0.1, 0.15) is 12.0 Å². The number of hydrogen-bond acceptors (Lipinski definition) is 2. The van der Waals surface area contributed by atoms with Gasteiger partial charge in [-0.15, -0.1) is 0 Å². The summed E-state index contributed by atoms with van der Waals surface area (Å²) < 4.78 is 1.15. The highest BCUT2D eigenvalue weighted by Gasteiger charge is 2.15. The molecule has 3 heteroatoms. The van der Waals surface area contributed by atoms with Crippen LogP contribution in [0.25, 0.3) is 0 Å². The van der Waals surface area contributed by atoms with Gasteiger partial charge in [0, 0.05) is 16.7 Å². The summed E-state index contributed by atoms with van der Waals surface area (Å²) in [4.78, 5) is 0. The van der Waals surface area contributed by atoms with Gasteiger partial charge < -0.3 is 5.32 Å². The van der Waals surface area contributed by atoms with Gasteiger partial charge in [-0.3, -0.25) is 0 Å². The smallest absolute Gasteiger partial charge is 0.0381 e. The number of anilines is 1. The monoisotopic (exact) mass is 285 g/mol. The van der Waals surface area contributed by atoms with E-state index in [0.29, 0.717) is 0 Å². The predicted molar refractivity (Wildman–Crippen MR) is 72.8 cm³/mol. The molecule has 1 unspecified atom stereocenters. The van der Waals surface area contributed by atoms with Gasteiger partial charge in [0.1, 0.15) is 0 Å². The number of halogens is 1. The Kier molecular flexibility index (Phi) is 3.98. The average molecular weight is 286 g/mol. The maximum Gasteiger partial charge on any atom is 0.0381 e. The Bertz CT molecular complexity index is 334. The third-order valence-corrected chi connectivity index (χ3v) is 4.53. The fourth-order valence-electron chi connectivity index (χ4n) is 1.78. The van der Waals surface area contributed by atoms with Gasteiger partial charge in [0.05, 0.1) is 0 Å². The molecule has 1 saturated heterocycles. The van der Waals surface area contributed by atoms with Crippen LogP contribution in [0.4, 0.5) is 5.69 Å². The third kappa shape index (κ3) is 3.15. The summed E-state index contributed by atoms with van der Waals surface area (Å²) in [6, 6.07) is 6.40. The Morgan fingerprint density at radius 1 is 1.53 bits per heavy atom. The van der Waals surface area contributed by atoms with Crippen molar-refractivity contribution in [1.82, 2.24) is 0 Å². The molecule has 1 aromatic rings. The third-order valence-electron chi connectivity index (χ3n) is 2.80. The SMILES string of the molecule is Cc1ccc(Br)cc1NCC1CCSC1. The largest absolute Gasteiger partial charge is 0.384 e. The van der Waals surface area contributed by atoms with Gasteiger partial charge in [0.25, 0.3) is 0 Å². The second-order valence-corrected chi connectivity index (χ2v) is 6.14. The molecule has 0 amide bonds. The second kappa shape index (κ2) is 5.26. The summed E-state index contributed by atoms with van der Waals surface area (Å²) in [5, 5.41) is 3.55. The van der Waals surface area contributed by atoms with Crippen LogP contribution in [0, 0.1) is 12.8 Å². The number of rotatable bonds is 3. The van der Waals surface area contributed by atoms with E-state index in [0.717, 1.165) is 16.9 Å². The maximum absolute atomic E-state index is 3.55. The molecule has 0 aliphatic carbocycles. The molecule has 1 aliphatic rings. The Morgan fingerprint density at radius 2 is 2.40 bits per heavy atom. The number of hydrogen-bond donors (Lipinski definition) is 1. The zero-order valence-corrected chi connectivity index (χ0v) is 11.3. The molecule has 0 radical (unpaired) electrons. The molecule has 1 fully saturated rings. The minimum absolute atomic E-state index is 0.855. The lowest BCUT2D eigenvalue weighted by Crippen LogP contribution is -2.13. The summed E-state index contributed by atoms with van der Waals surface area (Å²) in [6.07, 6.45) is 1.37. The van der Waals surface area contributed by atoms with Crippen molar-refractivity contribution in [2.45, 2.75) is 13.3 Å². The van der Waals surface area contributed by atoms with Crippen LogP contribution in [0.2, 0.25) is 0 Å². The zero-order chi connectivity index (χ0) is 10.7. The van der Waals surface area contributed by atoms with Gasteiger partial charge in [0.2, 0.25) is 0 Å². The summed E-state index contributed by atoms with van der Waals surface area (Å²) >= 11 is 5.58. The summed E-state index contributed by atoms with van der Waals surface area (Å²) in [6.45, 7) is 3.27. The van der Waals surface area contributed by atoms with Crippen LogP contribution in [-0.2, 0) is 0 Å². The Morgan fingerprint density at radius 3 is 3.13 bits per heavy atom. The number of aryl methyl sites for hydroxylation is 1. The number of thioether (sulfide) groups is 1. The average Bonchev–Trinajstić information content (AvgIpc) is 2.72. The molecule has 1 nitrogen and oxygen atoms in total. The van der Waals surface area contributed by atoms with Crippen molar-refractivity contribution in [3.05, 3.63) is 28.2 Å². The predicted octanol–water partition coefficient (Wildman–Crippen LogP) is 3.92. The maximum atomic E-state index is 3.55. The molecule has 0 aromatic heterocycles. The van der Waals surface area contributed by atoms with E-state index in [1.807, 2.05) is 0 Å². The van der Waals surface area contributed by atoms with E-state index in [1.54, 1.807) is 0 Å². The van der Waals surface area contributed by atoms with E-state index in [-0.39, 0.29) is 0 Å². The molecule has 1 heterocycles.